The number of carbonyl (C=O) groups excluding carboxylic acids is 2. The molecule has 1 saturated heterocycles. The summed E-state index contributed by atoms with van der Waals surface area (Å²) in [7, 11) is 1.58. The van der Waals surface area contributed by atoms with E-state index in [0.717, 1.165) is 28.0 Å². The van der Waals surface area contributed by atoms with Gasteiger partial charge in [-0.15, -0.1) is 0 Å². The van der Waals surface area contributed by atoms with Gasteiger partial charge in [-0.3, -0.25) is 9.69 Å². The molecular weight excluding hydrogens is 334 g/mol. The van der Waals surface area contributed by atoms with E-state index in [0.29, 0.717) is 4.91 Å². The number of hydrogen-bond donors (Lipinski definition) is 0. The SMILES string of the molecule is COc1ccc(/C=C2\SC(=O)N([C@@H](C(=O)[O-])C(C)C)C2=S)cc1. The summed E-state index contributed by atoms with van der Waals surface area (Å²) >= 11 is 6.24. The van der Waals surface area contributed by atoms with Crippen molar-refractivity contribution in [2.24, 2.45) is 5.92 Å². The van der Waals surface area contributed by atoms with Crippen LogP contribution in [0.25, 0.3) is 6.08 Å². The smallest absolute Gasteiger partial charge is 0.292 e. The lowest BCUT2D eigenvalue weighted by Gasteiger charge is -2.30. The zero-order valence-electron chi connectivity index (χ0n) is 12.9. The number of rotatable bonds is 5. The van der Waals surface area contributed by atoms with Crippen molar-refractivity contribution in [3.05, 3.63) is 34.7 Å². The van der Waals surface area contributed by atoms with Crippen molar-refractivity contribution in [3.8, 4) is 5.75 Å². The highest BCUT2D eigenvalue weighted by Gasteiger charge is 2.38. The number of amides is 1. The number of benzene rings is 1. The summed E-state index contributed by atoms with van der Waals surface area (Å²) in [5.74, 6) is -0.881. The van der Waals surface area contributed by atoms with E-state index in [-0.39, 0.29) is 10.9 Å². The molecular formula is C16H16NO4S2-. The average molecular weight is 350 g/mol. The molecule has 1 aliphatic rings. The predicted octanol–water partition coefficient (Wildman–Crippen LogP) is 2.31. The maximum Gasteiger partial charge on any atom is 0.292 e. The number of carboxylic acid groups (broad SMARTS) is 1. The summed E-state index contributed by atoms with van der Waals surface area (Å²) in [5.41, 5.74) is 0.847. The normalized spacial score (nSPS) is 17.9. The van der Waals surface area contributed by atoms with Gasteiger partial charge in [-0.05, 0) is 41.5 Å². The molecule has 0 aromatic heterocycles. The minimum absolute atomic E-state index is 0.221. The molecule has 1 atom stereocenters. The number of carbonyl (C=O) groups is 2. The van der Waals surface area contributed by atoms with E-state index in [2.05, 4.69) is 0 Å². The van der Waals surface area contributed by atoms with Crippen LogP contribution in [0.15, 0.2) is 29.2 Å². The maximum atomic E-state index is 12.2. The van der Waals surface area contributed by atoms with Gasteiger partial charge in [0.25, 0.3) is 5.24 Å². The Labute approximate surface area is 144 Å². The molecule has 1 amide bonds. The summed E-state index contributed by atoms with van der Waals surface area (Å²) in [5, 5.41) is 11.0. The fourth-order valence-electron chi connectivity index (χ4n) is 2.25. The van der Waals surface area contributed by atoms with Crippen molar-refractivity contribution < 1.29 is 19.4 Å². The highest BCUT2D eigenvalue weighted by molar-refractivity contribution is 8.19. The first-order valence-corrected chi connectivity index (χ1v) is 8.19. The van der Waals surface area contributed by atoms with E-state index in [9.17, 15) is 14.7 Å². The van der Waals surface area contributed by atoms with Crippen molar-refractivity contribution in [3.63, 3.8) is 0 Å². The minimum atomic E-state index is -1.30. The topological polar surface area (TPSA) is 69.7 Å². The molecule has 1 fully saturated rings. The lowest BCUT2D eigenvalue weighted by molar-refractivity contribution is -0.311. The van der Waals surface area contributed by atoms with Crippen LogP contribution in [0, 0.1) is 5.92 Å². The molecule has 1 aromatic carbocycles. The van der Waals surface area contributed by atoms with E-state index in [4.69, 9.17) is 17.0 Å². The number of aliphatic carboxylic acids is 1. The van der Waals surface area contributed by atoms with Crippen molar-refractivity contribution in [2.45, 2.75) is 19.9 Å². The van der Waals surface area contributed by atoms with Crippen LogP contribution in [0.5, 0.6) is 5.75 Å². The molecule has 0 aliphatic carbocycles. The molecule has 1 heterocycles. The maximum absolute atomic E-state index is 12.2. The van der Waals surface area contributed by atoms with Gasteiger partial charge in [0.2, 0.25) is 0 Å². The highest BCUT2D eigenvalue weighted by Crippen LogP contribution is 2.36. The second-order valence-electron chi connectivity index (χ2n) is 5.33. The molecule has 0 unspecified atom stereocenters. The van der Waals surface area contributed by atoms with E-state index in [1.165, 1.54) is 0 Å². The Morgan fingerprint density at radius 2 is 1.96 bits per heavy atom. The standard InChI is InChI=1S/C16H17NO4S2/c1-9(2)13(15(18)19)17-14(22)12(23-16(17)20)8-10-4-6-11(21-3)7-5-10/h4-9,13H,1-3H3,(H,18,19)/p-1/b12-8-/t13-/m1/s1. The Balaban J connectivity index is 2.29. The predicted molar refractivity (Wildman–Crippen MR) is 92.0 cm³/mol. The zero-order valence-corrected chi connectivity index (χ0v) is 14.6. The van der Waals surface area contributed by atoms with Crippen LogP contribution in [-0.4, -0.2) is 34.2 Å². The highest BCUT2D eigenvalue weighted by atomic mass is 32.2. The quantitative estimate of drug-likeness (QED) is 0.599. The molecule has 23 heavy (non-hydrogen) atoms. The second kappa shape index (κ2) is 7.14. The number of hydrogen-bond acceptors (Lipinski definition) is 6. The number of methoxy groups -OCH3 is 1. The summed E-state index contributed by atoms with van der Waals surface area (Å²) in [6, 6.07) is 6.20. The number of thiocarbonyl (C=S) groups is 1. The van der Waals surface area contributed by atoms with Gasteiger partial charge < -0.3 is 14.6 Å². The molecule has 1 aromatic rings. The van der Waals surface area contributed by atoms with Crippen LogP contribution >= 0.6 is 24.0 Å². The lowest BCUT2D eigenvalue weighted by atomic mass is 10.0. The second-order valence-corrected chi connectivity index (χ2v) is 6.71. The van der Waals surface area contributed by atoms with Crippen LogP contribution in [0.2, 0.25) is 0 Å². The van der Waals surface area contributed by atoms with Gasteiger partial charge in [-0.2, -0.15) is 0 Å². The number of ether oxygens (including phenoxy) is 1. The average Bonchev–Trinajstić information content (AvgIpc) is 2.75. The molecule has 5 nitrogen and oxygen atoms in total. The number of carboxylic acids is 1. The first-order valence-electron chi connectivity index (χ1n) is 6.97. The molecule has 122 valence electrons. The van der Waals surface area contributed by atoms with Crippen LogP contribution in [0.4, 0.5) is 4.79 Å². The molecule has 2 rings (SSSR count). The molecule has 7 heteroatoms. The van der Waals surface area contributed by atoms with E-state index >= 15 is 0 Å². The van der Waals surface area contributed by atoms with E-state index in [1.807, 2.05) is 12.1 Å². The first kappa shape index (κ1) is 17.5. The van der Waals surface area contributed by atoms with E-state index < -0.39 is 17.3 Å². The number of nitrogens with zero attached hydrogens (tertiary/aromatic N) is 1. The van der Waals surface area contributed by atoms with Crippen molar-refractivity contribution in [2.75, 3.05) is 7.11 Å². The fraction of sp³-hybridized carbons (Fsp3) is 0.312. The third-order valence-corrected chi connectivity index (χ3v) is 4.84. The van der Waals surface area contributed by atoms with Crippen LogP contribution in [0.1, 0.15) is 19.4 Å². The van der Waals surface area contributed by atoms with Crippen molar-refractivity contribution in [1.82, 2.24) is 4.90 Å². The monoisotopic (exact) mass is 350 g/mol. The Morgan fingerprint density at radius 3 is 2.43 bits per heavy atom. The van der Waals surface area contributed by atoms with Gasteiger partial charge in [0.05, 0.1) is 24.0 Å². The third kappa shape index (κ3) is 3.73. The molecule has 0 radical (unpaired) electrons. The van der Waals surface area contributed by atoms with Crippen LogP contribution in [-0.2, 0) is 4.79 Å². The summed E-state index contributed by atoms with van der Waals surface area (Å²) in [6.45, 7) is 3.43. The molecule has 0 bridgehead atoms. The molecule has 1 aliphatic heterocycles. The Morgan fingerprint density at radius 1 is 1.35 bits per heavy atom. The van der Waals surface area contributed by atoms with Crippen molar-refractivity contribution in [1.29, 1.82) is 0 Å². The van der Waals surface area contributed by atoms with Crippen molar-refractivity contribution >= 4 is 46.3 Å². The molecule has 0 spiro atoms. The minimum Gasteiger partial charge on any atom is -0.548 e. The largest absolute Gasteiger partial charge is 0.548 e. The van der Waals surface area contributed by atoms with Gasteiger partial charge >= 0.3 is 0 Å². The summed E-state index contributed by atoms with van der Waals surface area (Å²) in [4.78, 5) is 25.4. The lowest BCUT2D eigenvalue weighted by Crippen LogP contribution is -2.52. The Kier molecular flexibility index (Phi) is 5.43. The van der Waals surface area contributed by atoms with Gasteiger partial charge in [0.1, 0.15) is 10.7 Å². The van der Waals surface area contributed by atoms with Gasteiger partial charge in [0.15, 0.2) is 0 Å². The summed E-state index contributed by atoms with van der Waals surface area (Å²) in [6.07, 6.45) is 1.76. The van der Waals surface area contributed by atoms with Crippen LogP contribution in [0.3, 0.4) is 0 Å². The summed E-state index contributed by atoms with van der Waals surface area (Å²) < 4.78 is 5.09. The van der Waals surface area contributed by atoms with Gasteiger partial charge in [-0.25, -0.2) is 0 Å². The first-order chi connectivity index (χ1) is 10.8. The van der Waals surface area contributed by atoms with E-state index in [1.54, 1.807) is 39.2 Å². The van der Waals surface area contributed by atoms with Crippen LogP contribution < -0.4 is 9.84 Å². The Hall–Kier alpha value is -1.86. The number of thioether (sulfide) groups is 1. The third-order valence-electron chi connectivity index (χ3n) is 3.39. The van der Waals surface area contributed by atoms with Gasteiger partial charge in [0, 0.05) is 0 Å². The molecule has 0 saturated carbocycles. The molecule has 0 N–H and O–H groups in total. The fourth-order valence-corrected chi connectivity index (χ4v) is 3.56. The van der Waals surface area contributed by atoms with Gasteiger partial charge in [-0.1, -0.05) is 38.2 Å². The zero-order chi connectivity index (χ0) is 17.1. The Bertz CT molecular complexity index is 667.